The Kier molecular flexibility index (Phi) is 4.55. The molecule has 1 aromatic carbocycles. The highest BCUT2D eigenvalue weighted by molar-refractivity contribution is 5.92. The molecule has 23 heavy (non-hydrogen) atoms. The van der Waals surface area contributed by atoms with Crippen molar-refractivity contribution >= 4 is 11.8 Å². The van der Waals surface area contributed by atoms with Gasteiger partial charge in [-0.15, -0.1) is 0 Å². The van der Waals surface area contributed by atoms with Gasteiger partial charge in [-0.2, -0.15) is 0 Å². The van der Waals surface area contributed by atoms with E-state index in [1.54, 1.807) is 4.90 Å². The Labute approximate surface area is 137 Å². The Morgan fingerprint density at radius 1 is 1.17 bits per heavy atom. The van der Waals surface area contributed by atoms with E-state index in [2.05, 4.69) is 0 Å². The van der Waals surface area contributed by atoms with E-state index in [0.717, 1.165) is 38.0 Å². The van der Waals surface area contributed by atoms with Gasteiger partial charge in [0, 0.05) is 20.1 Å². The molecule has 2 amide bonds. The number of piperidine rings is 1. The maximum absolute atomic E-state index is 12.7. The van der Waals surface area contributed by atoms with E-state index in [9.17, 15) is 9.59 Å². The Hall–Kier alpha value is -2.04. The molecule has 1 atom stereocenters. The van der Waals surface area contributed by atoms with E-state index in [1.807, 2.05) is 42.3 Å². The van der Waals surface area contributed by atoms with E-state index in [-0.39, 0.29) is 11.8 Å². The summed E-state index contributed by atoms with van der Waals surface area (Å²) in [6, 6.07) is 9.49. The average Bonchev–Trinajstić information content (AvgIpc) is 2.98. The van der Waals surface area contributed by atoms with Gasteiger partial charge in [0.2, 0.25) is 11.8 Å². The fourth-order valence-corrected chi connectivity index (χ4v) is 3.80. The molecule has 1 aromatic rings. The number of likely N-dealkylation sites (tertiary alicyclic amines) is 2. The summed E-state index contributed by atoms with van der Waals surface area (Å²) in [4.78, 5) is 28.9. The highest BCUT2D eigenvalue weighted by Crippen LogP contribution is 2.38. The number of amides is 2. The average molecular weight is 316 g/mol. The van der Waals surface area contributed by atoms with Crippen LogP contribution in [0, 0.1) is 0 Å². The molecule has 2 aliphatic heterocycles. The molecule has 0 aromatic heterocycles. The van der Waals surface area contributed by atoms with Gasteiger partial charge in [0.1, 0.15) is 11.3 Å². The van der Waals surface area contributed by atoms with Crippen LogP contribution in [0.15, 0.2) is 30.3 Å². The van der Waals surface area contributed by atoms with E-state index >= 15 is 0 Å². The fraction of sp³-hybridized carbons (Fsp3) is 0.556. The zero-order valence-electron chi connectivity index (χ0n) is 13.7. The SMILES string of the molecule is CN1CCCC2(CCCN2C(=O)CCOc2ccccc2)C1=O. The monoisotopic (exact) mass is 316 g/mol. The second-order valence-corrected chi connectivity index (χ2v) is 6.42. The zero-order chi connectivity index (χ0) is 16.3. The number of carbonyl (C=O) groups excluding carboxylic acids is 2. The molecule has 2 aliphatic rings. The molecule has 1 unspecified atom stereocenters. The number of hydrogen-bond donors (Lipinski definition) is 0. The standard InChI is InChI=1S/C18H24N2O3/c1-19-12-5-10-18(17(19)22)11-6-13-20(18)16(21)9-14-23-15-7-3-2-4-8-15/h2-4,7-8H,5-6,9-14H2,1H3. The number of benzene rings is 1. The number of likely N-dealkylation sites (N-methyl/N-ethyl adjacent to an activating group) is 1. The van der Waals surface area contributed by atoms with E-state index in [0.29, 0.717) is 19.6 Å². The van der Waals surface area contributed by atoms with Gasteiger partial charge < -0.3 is 14.5 Å². The topological polar surface area (TPSA) is 49.9 Å². The van der Waals surface area contributed by atoms with Crippen molar-refractivity contribution in [1.29, 1.82) is 0 Å². The molecule has 2 saturated heterocycles. The normalized spacial score (nSPS) is 24.3. The van der Waals surface area contributed by atoms with Gasteiger partial charge in [-0.1, -0.05) is 18.2 Å². The van der Waals surface area contributed by atoms with Crippen LogP contribution in [-0.2, 0) is 9.59 Å². The van der Waals surface area contributed by atoms with Gasteiger partial charge in [-0.05, 0) is 37.8 Å². The van der Waals surface area contributed by atoms with Crippen LogP contribution in [-0.4, -0.2) is 53.9 Å². The van der Waals surface area contributed by atoms with Crippen LogP contribution in [0.4, 0.5) is 0 Å². The van der Waals surface area contributed by atoms with Crippen LogP contribution >= 0.6 is 0 Å². The number of carbonyl (C=O) groups is 2. The summed E-state index contributed by atoms with van der Waals surface area (Å²) in [5.74, 6) is 0.908. The molecule has 0 bridgehead atoms. The molecule has 2 fully saturated rings. The van der Waals surface area contributed by atoms with E-state index in [1.165, 1.54) is 0 Å². The minimum atomic E-state index is -0.586. The first-order valence-electron chi connectivity index (χ1n) is 8.37. The van der Waals surface area contributed by atoms with Gasteiger partial charge in [0.25, 0.3) is 0 Å². The third kappa shape index (κ3) is 3.05. The van der Waals surface area contributed by atoms with E-state index < -0.39 is 5.54 Å². The molecule has 1 spiro atoms. The molecule has 0 aliphatic carbocycles. The molecular formula is C18H24N2O3. The lowest BCUT2D eigenvalue weighted by Crippen LogP contribution is -2.60. The van der Waals surface area contributed by atoms with Crippen LogP contribution < -0.4 is 4.74 Å². The summed E-state index contributed by atoms with van der Waals surface area (Å²) in [5.41, 5.74) is -0.586. The molecule has 2 heterocycles. The maximum atomic E-state index is 12.7. The van der Waals surface area contributed by atoms with Crippen molar-refractivity contribution in [2.45, 2.75) is 37.6 Å². The van der Waals surface area contributed by atoms with E-state index in [4.69, 9.17) is 4.74 Å². The van der Waals surface area contributed by atoms with Gasteiger partial charge in [-0.25, -0.2) is 0 Å². The van der Waals surface area contributed by atoms with Crippen molar-refractivity contribution < 1.29 is 14.3 Å². The van der Waals surface area contributed by atoms with Crippen LogP contribution in [0.3, 0.4) is 0 Å². The number of ether oxygens (including phenoxy) is 1. The lowest BCUT2D eigenvalue weighted by Gasteiger charge is -2.43. The molecule has 0 N–H and O–H groups in total. The Morgan fingerprint density at radius 3 is 2.61 bits per heavy atom. The van der Waals surface area contributed by atoms with Crippen LogP contribution in [0.2, 0.25) is 0 Å². The summed E-state index contributed by atoms with van der Waals surface area (Å²) >= 11 is 0. The second-order valence-electron chi connectivity index (χ2n) is 6.42. The predicted molar refractivity (Wildman–Crippen MR) is 87.1 cm³/mol. The van der Waals surface area contributed by atoms with Crippen LogP contribution in [0.5, 0.6) is 5.75 Å². The quantitative estimate of drug-likeness (QED) is 0.854. The molecule has 5 nitrogen and oxygen atoms in total. The van der Waals surface area contributed by atoms with Gasteiger partial charge >= 0.3 is 0 Å². The smallest absolute Gasteiger partial charge is 0.248 e. The minimum absolute atomic E-state index is 0.0297. The summed E-state index contributed by atoms with van der Waals surface area (Å²) < 4.78 is 5.62. The molecular weight excluding hydrogens is 292 g/mol. The second kappa shape index (κ2) is 6.60. The van der Waals surface area contributed by atoms with Gasteiger partial charge in [-0.3, -0.25) is 9.59 Å². The van der Waals surface area contributed by atoms with Gasteiger partial charge in [0.15, 0.2) is 0 Å². The minimum Gasteiger partial charge on any atom is -0.493 e. The highest BCUT2D eigenvalue weighted by Gasteiger charge is 2.51. The number of para-hydroxylation sites is 1. The van der Waals surface area contributed by atoms with Crippen molar-refractivity contribution in [3.63, 3.8) is 0 Å². The van der Waals surface area contributed by atoms with Crippen molar-refractivity contribution in [3.05, 3.63) is 30.3 Å². The lowest BCUT2D eigenvalue weighted by molar-refractivity contribution is -0.154. The predicted octanol–water partition coefficient (Wildman–Crippen LogP) is 2.07. The first-order chi connectivity index (χ1) is 11.1. The van der Waals surface area contributed by atoms with Gasteiger partial charge in [0.05, 0.1) is 13.0 Å². The first kappa shape index (κ1) is 15.8. The molecule has 124 valence electrons. The Morgan fingerprint density at radius 2 is 1.87 bits per heavy atom. The van der Waals surface area contributed by atoms with Crippen LogP contribution in [0.25, 0.3) is 0 Å². The molecule has 3 rings (SSSR count). The largest absolute Gasteiger partial charge is 0.493 e. The first-order valence-corrected chi connectivity index (χ1v) is 8.37. The molecule has 0 radical (unpaired) electrons. The Bertz CT molecular complexity index is 575. The maximum Gasteiger partial charge on any atom is 0.248 e. The Balaban J connectivity index is 1.61. The molecule has 0 saturated carbocycles. The summed E-state index contributed by atoms with van der Waals surface area (Å²) in [7, 11) is 1.84. The fourth-order valence-electron chi connectivity index (χ4n) is 3.80. The number of hydrogen-bond acceptors (Lipinski definition) is 3. The van der Waals surface area contributed by atoms with Crippen molar-refractivity contribution in [2.75, 3.05) is 26.7 Å². The third-order valence-corrected chi connectivity index (χ3v) is 4.95. The summed E-state index contributed by atoms with van der Waals surface area (Å²) in [5, 5.41) is 0. The third-order valence-electron chi connectivity index (χ3n) is 4.95. The lowest BCUT2D eigenvalue weighted by atomic mass is 9.85. The van der Waals surface area contributed by atoms with Crippen molar-refractivity contribution in [2.24, 2.45) is 0 Å². The van der Waals surface area contributed by atoms with Crippen LogP contribution in [0.1, 0.15) is 32.1 Å². The van der Waals surface area contributed by atoms with Crippen molar-refractivity contribution in [1.82, 2.24) is 9.80 Å². The highest BCUT2D eigenvalue weighted by atomic mass is 16.5. The molecule has 5 heteroatoms. The number of nitrogens with zero attached hydrogens (tertiary/aromatic N) is 2. The zero-order valence-corrected chi connectivity index (χ0v) is 13.7. The van der Waals surface area contributed by atoms with Crippen molar-refractivity contribution in [3.8, 4) is 5.75 Å². The number of rotatable bonds is 4. The summed E-state index contributed by atoms with van der Waals surface area (Å²) in [6.07, 6.45) is 3.77. The summed E-state index contributed by atoms with van der Waals surface area (Å²) in [6.45, 7) is 1.82.